The Labute approximate surface area is 207 Å². The van der Waals surface area contributed by atoms with Gasteiger partial charge in [0.2, 0.25) is 0 Å². The number of nitrogens with zero attached hydrogens (tertiary/aromatic N) is 1. The topological polar surface area (TPSA) is 66.5 Å². The van der Waals surface area contributed by atoms with Crippen LogP contribution < -0.4 is 4.90 Å². The molecule has 0 aromatic heterocycles. The molecule has 3 aromatic carbocycles. The number of hydrogen-bond donors (Lipinski definition) is 0. The molecule has 7 rings (SSSR count). The number of methoxy groups -OCH3 is 2. The third kappa shape index (κ3) is 2.37. The number of hydrogen-bond acceptors (Lipinski definition) is 7. The Morgan fingerprint density at radius 2 is 1.46 bits per heavy atom. The predicted octanol–water partition coefficient (Wildman–Crippen LogP) is 3.95. The summed E-state index contributed by atoms with van der Waals surface area (Å²) in [5.41, 5.74) is 1.81. The van der Waals surface area contributed by atoms with E-state index in [1.54, 1.807) is 19.2 Å². The molecule has 4 heterocycles. The number of para-hydroxylation sites is 1. The Kier molecular flexibility index (Phi) is 4.29. The van der Waals surface area contributed by atoms with E-state index in [2.05, 4.69) is 0 Å². The Balaban J connectivity index is 1.52. The van der Waals surface area contributed by atoms with Gasteiger partial charge in [-0.15, -0.1) is 0 Å². The number of carbonyl (C=O) groups is 1. The highest BCUT2D eigenvalue weighted by molar-refractivity contribution is 7.80. The predicted molar refractivity (Wildman–Crippen MR) is 129 cm³/mol. The van der Waals surface area contributed by atoms with E-state index in [9.17, 15) is 4.79 Å². The van der Waals surface area contributed by atoms with Gasteiger partial charge < -0.3 is 23.7 Å². The lowest BCUT2D eigenvalue weighted by Gasteiger charge is -2.44. The Hall–Kier alpha value is -2.98. The van der Waals surface area contributed by atoms with E-state index in [4.69, 9.17) is 35.9 Å². The highest BCUT2D eigenvalue weighted by Crippen LogP contribution is 2.63. The van der Waals surface area contributed by atoms with Crippen molar-refractivity contribution in [1.29, 1.82) is 0 Å². The number of benzene rings is 3. The summed E-state index contributed by atoms with van der Waals surface area (Å²) in [4.78, 5) is 16.2. The van der Waals surface area contributed by atoms with Gasteiger partial charge >= 0.3 is 5.97 Å². The van der Waals surface area contributed by atoms with Gasteiger partial charge in [0.25, 0.3) is 5.91 Å². The van der Waals surface area contributed by atoms with Crippen LogP contribution in [0.15, 0.2) is 78.9 Å². The van der Waals surface area contributed by atoms with E-state index in [0.29, 0.717) is 27.2 Å². The number of ether oxygens (including phenoxy) is 5. The number of rotatable bonds is 3. The summed E-state index contributed by atoms with van der Waals surface area (Å²) in [6, 6.07) is 24.5. The van der Waals surface area contributed by atoms with Gasteiger partial charge in [-0.3, -0.25) is 9.69 Å². The van der Waals surface area contributed by atoms with Crippen molar-refractivity contribution >= 4 is 28.7 Å². The fourth-order valence-electron chi connectivity index (χ4n) is 5.95. The molecule has 176 valence electrons. The maximum atomic E-state index is 13.9. The van der Waals surface area contributed by atoms with E-state index in [1.165, 1.54) is 7.11 Å². The van der Waals surface area contributed by atoms with Gasteiger partial charge in [0, 0.05) is 36.6 Å². The number of anilines is 1. The number of ketones is 1. The summed E-state index contributed by atoms with van der Waals surface area (Å²) < 4.78 is 31.7. The minimum atomic E-state index is -1.59. The highest BCUT2D eigenvalue weighted by atomic mass is 32.1. The molecule has 4 aliphatic heterocycles. The molecule has 1 spiro atoms. The molecule has 2 saturated heterocycles. The Bertz CT molecular complexity index is 1400. The van der Waals surface area contributed by atoms with Crippen molar-refractivity contribution in [3.63, 3.8) is 0 Å². The molecule has 3 aromatic rings. The average Bonchev–Trinajstić information content (AvgIpc) is 3.38. The van der Waals surface area contributed by atoms with Crippen LogP contribution in [0.5, 0.6) is 0 Å². The standard InChI is InChI=1S/C27H21NO6S/c1-30-26-20-15-9-8-14-19(20)25(23(32-26)24(35)28(26)16-10-4-3-5-11-16)22-21(29)17-12-6-7-13-18(17)27(31-2,33-22)34-25/h3-15,22-23H,1-2H3. The quantitative estimate of drug-likeness (QED) is 0.515. The van der Waals surface area contributed by atoms with Gasteiger partial charge in [0.1, 0.15) is 4.99 Å². The lowest BCUT2D eigenvalue weighted by atomic mass is 9.76. The zero-order valence-corrected chi connectivity index (χ0v) is 19.8. The number of Topliss-reactive ketones (excluding diaryl/α,β-unsaturated/α-hetero) is 1. The smallest absolute Gasteiger partial charge is 0.314 e. The third-order valence-electron chi connectivity index (χ3n) is 7.38. The summed E-state index contributed by atoms with van der Waals surface area (Å²) in [6.07, 6.45) is -1.92. The molecular weight excluding hydrogens is 466 g/mol. The molecule has 0 saturated carbocycles. The first-order valence-electron chi connectivity index (χ1n) is 11.3. The third-order valence-corrected chi connectivity index (χ3v) is 7.78. The Morgan fingerprint density at radius 1 is 0.800 bits per heavy atom. The molecule has 0 radical (unpaired) electrons. The fraction of sp³-hybridized carbons (Fsp3) is 0.259. The van der Waals surface area contributed by atoms with Crippen LogP contribution in [0.3, 0.4) is 0 Å². The van der Waals surface area contributed by atoms with Gasteiger partial charge in [0.05, 0.1) is 5.56 Å². The molecular formula is C27H21NO6S. The van der Waals surface area contributed by atoms with Crippen LogP contribution in [-0.2, 0) is 41.2 Å². The van der Waals surface area contributed by atoms with Crippen molar-refractivity contribution in [2.75, 3.05) is 19.1 Å². The molecule has 5 atom stereocenters. The second-order valence-electron chi connectivity index (χ2n) is 8.90. The minimum absolute atomic E-state index is 0.213. The molecule has 5 unspecified atom stereocenters. The summed E-state index contributed by atoms with van der Waals surface area (Å²) in [6.45, 7) is 0. The minimum Gasteiger partial charge on any atom is -0.332 e. The van der Waals surface area contributed by atoms with Gasteiger partial charge in [-0.2, -0.15) is 0 Å². The second-order valence-corrected chi connectivity index (χ2v) is 9.32. The average molecular weight is 488 g/mol. The highest BCUT2D eigenvalue weighted by Gasteiger charge is 2.76. The van der Waals surface area contributed by atoms with Crippen LogP contribution in [-0.4, -0.2) is 37.2 Å². The van der Waals surface area contributed by atoms with Crippen molar-refractivity contribution in [2.45, 2.75) is 29.7 Å². The van der Waals surface area contributed by atoms with Crippen molar-refractivity contribution < 1.29 is 28.5 Å². The van der Waals surface area contributed by atoms with Crippen LogP contribution in [0.1, 0.15) is 27.0 Å². The largest absolute Gasteiger partial charge is 0.332 e. The van der Waals surface area contributed by atoms with Crippen molar-refractivity contribution in [1.82, 2.24) is 0 Å². The first kappa shape index (κ1) is 21.3. The maximum absolute atomic E-state index is 13.9. The maximum Gasteiger partial charge on any atom is 0.314 e. The first-order chi connectivity index (χ1) is 17.0. The molecule has 7 nitrogen and oxygen atoms in total. The van der Waals surface area contributed by atoms with Gasteiger partial charge in [-0.1, -0.05) is 78.9 Å². The zero-order valence-electron chi connectivity index (χ0n) is 19.0. The number of fused-ring (bicyclic) bond motifs is 11. The molecule has 0 aliphatic carbocycles. The van der Waals surface area contributed by atoms with Gasteiger partial charge in [0.15, 0.2) is 23.6 Å². The van der Waals surface area contributed by atoms with E-state index in [1.807, 2.05) is 71.6 Å². The van der Waals surface area contributed by atoms with Gasteiger partial charge in [-0.05, 0) is 12.1 Å². The second kappa shape index (κ2) is 7.04. The van der Waals surface area contributed by atoms with Crippen LogP contribution in [0.4, 0.5) is 5.69 Å². The number of carbonyl (C=O) groups excluding carboxylic acids is 1. The van der Waals surface area contributed by atoms with E-state index in [0.717, 1.165) is 5.69 Å². The fourth-order valence-corrected chi connectivity index (χ4v) is 6.40. The SMILES string of the molecule is COC12OC(C(=O)c3ccccc31)C1(O2)c2ccccc2C2(OC)OC1C(=S)N2c1ccccc1. The molecule has 4 aliphatic rings. The van der Waals surface area contributed by atoms with Crippen LogP contribution in [0.2, 0.25) is 0 Å². The lowest BCUT2D eigenvalue weighted by molar-refractivity contribution is -0.364. The summed E-state index contributed by atoms with van der Waals surface area (Å²) in [5.74, 6) is -3.13. The van der Waals surface area contributed by atoms with E-state index < -0.39 is 29.7 Å². The lowest BCUT2D eigenvalue weighted by Crippen LogP contribution is -2.56. The molecule has 0 amide bonds. The van der Waals surface area contributed by atoms with Crippen molar-refractivity contribution in [3.8, 4) is 0 Å². The van der Waals surface area contributed by atoms with E-state index in [-0.39, 0.29) is 5.78 Å². The first-order valence-corrected chi connectivity index (χ1v) is 11.7. The van der Waals surface area contributed by atoms with E-state index >= 15 is 0 Å². The zero-order chi connectivity index (χ0) is 24.0. The monoisotopic (exact) mass is 487 g/mol. The van der Waals surface area contributed by atoms with Crippen LogP contribution in [0, 0.1) is 0 Å². The van der Waals surface area contributed by atoms with Crippen molar-refractivity contribution in [2.24, 2.45) is 0 Å². The summed E-state index contributed by atoms with van der Waals surface area (Å²) >= 11 is 6.05. The molecule has 35 heavy (non-hydrogen) atoms. The normalized spacial score (nSPS) is 34.3. The summed E-state index contributed by atoms with van der Waals surface area (Å²) in [7, 11) is 3.08. The Morgan fingerprint density at radius 3 is 2.17 bits per heavy atom. The van der Waals surface area contributed by atoms with Crippen molar-refractivity contribution in [3.05, 3.63) is 101 Å². The molecule has 2 fully saturated rings. The van der Waals surface area contributed by atoms with Gasteiger partial charge in [-0.25, -0.2) is 0 Å². The van der Waals surface area contributed by atoms with Crippen LogP contribution >= 0.6 is 12.2 Å². The number of thiocarbonyl (C=S) groups is 1. The summed E-state index contributed by atoms with van der Waals surface area (Å²) in [5, 5.41) is 0. The molecule has 4 bridgehead atoms. The van der Waals surface area contributed by atoms with Crippen LogP contribution in [0.25, 0.3) is 0 Å². The molecule has 8 heteroatoms. The molecule has 0 N–H and O–H groups in total.